The lowest BCUT2D eigenvalue weighted by Crippen LogP contribution is -2.20. The van der Waals surface area contributed by atoms with Gasteiger partial charge in [-0.3, -0.25) is 9.48 Å². The number of nitrogens with zero attached hydrogens (tertiary/aromatic N) is 6. The van der Waals surface area contributed by atoms with Gasteiger partial charge in [-0.05, 0) is 39.2 Å². The van der Waals surface area contributed by atoms with E-state index in [4.69, 9.17) is 5.73 Å². The summed E-state index contributed by atoms with van der Waals surface area (Å²) in [4.78, 5) is 20.6. The number of aryl methyl sites for hydroxylation is 2. The topological polar surface area (TPSA) is 103 Å². The van der Waals surface area contributed by atoms with E-state index in [-0.39, 0.29) is 11.4 Å². The molecule has 4 rings (SSSR count). The fraction of sp³-hybridized carbons (Fsp3) is 0.389. The summed E-state index contributed by atoms with van der Waals surface area (Å²) in [5.74, 6) is -0.792. The van der Waals surface area contributed by atoms with Crippen molar-refractivity contribution in [3.8, 4) is 0 Å². The van der Waals surface area contributed by atoms with Crippen molar-refractivity contribution in [3.63, 3.8) is 0 Å². The monoisotopic (exact) mass is 405 g/mol. The molecule has 0 fully saturated rings. The maximum absolute atomic E-state index is 13.2. The lowest BCUT2D eigenvalue weighted by Gasteiger charge is -2.05. The fourth-order valence-electron chi connectivity index (χ4n) is 3.68. The molecule has 0 aromatic carbocycles. The highest BCUT2D eigenvalue weighted by Gasteiger charge is 2.40. The second-order valence-electron chi connectivity index (χ2n) is 7.01. The zero-order valence-corrected chi connectivity index (χ0v) is 15.8. The maximum atomic E-state index is 13.2. The zero-order chi connectivity index (χ0) is 20.9. The summed E-state index contributed by atoms with van der Waals surface area (Å²) < 4.78 is 42.2. The molecule has 0 spiro atoms. The average Bonchev–Trinajstić information content (AvgIpc) is 3.29. The molecule has 3 aromatic rings. The van der Waals surface area contributed by atoms with E-state index < -0.39 is 24.3 Å². The van der Waals surface area contributed by atoms with E-state index >= 15 is 0 Å². The second-order valence-corrected chi connectivity index (χ2v) is 7.01. The van der Waals surface area contributed by atoms with Crippen molar-refractivity contribution in [2.75, 3.05) is 0 Å². The number of hydrogen-bond acceptors (Lipinski definition) is 4. The summed E-state index contributed by atoms with van der Waals surface area (Å²) in [5.41, 5.74) is 8.08. The third-order valence-electron chi connectivity index (χ3n) is 4.86. The number of carbonyl (C=O) groups is 1. The summed E-state index contributed by atoms with van der Waals surface area (Å²) in [6.07, 6.45) is -1.75. The van der Waals surface area contributed by atoms with Crippen LogP contribution >= 0.6 is 0 Å². The summed E-state index contributed by atoms with van der Waals surface area (Å²) in [6, 6.07) is 1.85. The quantitative estimate of drug-likeness (QED) is 0.530. The van der Waals surface area contributed by atoms with Gasteiger partial charge in [0.25, 0.3) is 5.91 Å². The number of rotatable bonds is 3. The van der Waals surface area contributed by atoms with Gasteiger partial charge in [0, 0.05) is 22.6 Å². The molecule has 8 nitrogen and oxygen atoms in total. The highest BCUT2D eigenvalue weighted by Crippen LogP contribution is 2.36. The lowest BCUT2D eigenvalue weighted by molar-refractivity contribution is -0.142. The number of alkyl halides is 3. The molecule has 0 saturated carbocycles. The van der Waals surface area contributed by atoms with E-state index in [2.05, 4.69) is 20.2 Å². The van der Waals surface area contributed by atoms with Crippen LogP contribution in [0.5, 0.6) is 0 Å². The van der Waals surface area contributed by atoms with Gasteiger partial charge in [0.15, 0.2) is 11.3 Å². The molecule has 3 aromatic heterocycles. The first-order valence-corrected chi connectivity index (χ1v) is 9.00. The Labute approximate surface area is 163 Å². The van der Waals surface area contributed by atoms with Crippen LogP contribution in [-0.4, -0.2) is 36.1 Å². The summed E-state index contributed by atoms with van der Waals surface area (Å²) in [7, 11) is 0. The minimum atomic E-state index is -4.55. The van der Waals surface area contributed by atoms with E-state index in [1.54, 1.807) is 4.52 Å². The lowest BCUT2D eigenvalue weighted by atomic mass is 10.2. The molecule has 1 aliphatic carbocycles. The van der Waals surface area contributed by atoms with Crippen molar-refractivity contribution in [2.45, 2.75) is 45.8 Å². The van der Waals surface area contributed by atoms with Crippen molar-refractivity contribution in [2.24, 2.45) is 10.7 Å². The van der Waals surface area contributed by atoms with E-state index in [1.807, 2.05) is 19.9 Å². The summed E-state index contributed by atoms with van der Waals surface area (Å²) >= 11 is 0. The van der Waals surface area contributed by atoms with Crippen molar-refractivity contribution in [1.29, 1.82) is 0 Å². The third kappa shape index (κ3) is 3.36. The Hall–Kier alpha value is -3.24. The standard InChI is InChI=1S/C18H18F3N7O/c1-9-6-10(2)28-17(24-9)12(7-23-28)16(22)25-14(29)8-27-13-5-3-4-11(13)15(26-27)18(19,20)21/h6-7H,3-5,8H2,1-2H3,(H2,22,25,29). The second kappa shape index (κ2) is 6.68. The number of aromatic nitrogens is 5. The van der Waals surface area contributed by atoms with Crippen LogP contribution in [0.2, 0.25) is 0 Å². The molecule has 2 N–H and O–H groups in total. The Balaban J connectivity index is 1.63. The Morgan fingerprint density at radius 1 is 1.31 bits per heavy atom. The molecule has 1 aliphatic rings. The molecule has 0 bridgehead atoms. The number of carbonyl (C=O) groups excluding carboxylic acids is 1. The van der Waals surface area contributed by atoms with Crippen LogP contribution in [0.3, 0.4) is 0 Å². The van der Waals surface area contributed by atoms with Crippen molar-refractivity contribution in [3.05, 3.63) is 46.2 Å². The van der Waals surface area contributed by atoms with Crippen LogP contribution < -0.4 is 5.73 Å². The first-order valence-electron chi connectivity index (χ1n) is 9.00. The molecular weight excluding hydrogens is 387 g/mol. The zero-order valence-electron chi connectivity index (χ0n) is 15.8. The number of halogens is 3. The smallest absolute Gasteiger partial charge is 0.383 e. The molecule has 152 valence electrons. The van der Waals surface area contributed by atoms with Crippen molar-refractivity contribution in [1.82, 2.24) is 24.4 Å². The van der Waals surface area contributed by atoms with Crippen molar-refractivity contribution >= 4 is 17.4 Å². The predicted molar refractivity (Wildman–Crippen MR) is 97.4 cm³/mol. The SMILES string of the molecule is Cc1cc(C)n2ncc(C(N)=NC(=O)Cn3nc(C(F)(F)F)c4c3CCC4)c2n1. The fourth-order valence-corrected chi connectivity index (χ4v) is 3.68. The molecule has 11 heteroatoms. The van der Waals surface area contributed by atoms with Gasteiger partial charge in [-0.2, -0.15) is 28.4 Å². The van der Waals surface area contributed by atoms with Crippen LogP contribution in [0.25, 0.3) is 5.65 Å². The molecular formula is C18H18F3N7O. The first kappa shape index (κ1) is 19.1. The number of fused-ring (bicyclic) bond motifs is 2. The van der Waals surface area contributed by atoms with Crippen LogP contribution in [-0.2, 0) is 30.4 Å². The molecule has 0 aliphatic heterocycles. The highest BCUT2D eigenvalue weighted by atomic mass is 19.4. The highest BCUT2D eigenvalue weighted by molar-refractivity contribution is 6.07. The van der Waals surface area contributed by atoms with Gasteiger partial charge >= 0.3 is 6.18 Å². The predicted octanol–water partition coefficient (Wildman–Crippen LogP) is 1.98. The van der Waals surface area contributed by atoms with Crippen molar-refractivity contribution < 1.29 is 18.0 Å². The third-order valence-corrected chi connectivity index (χ3v) is 4.86. The normalized spacial score (nSPS) is 14.6. The Bertz CT molecular complexity index is 1160. The van der Waals surface area contributed by atoms with Gasteiger partial charge in [0.05, 0.1) is 11.8 Å². The van der Waals surface area contributed by atoms with Gasteiger partial charge in [0.2, 0.25) is 0 Å². The average molecular weight is 405 g/mol. The Morgan fingerprint density at radius 2 is 2.07 bits per heavy atom. The largest absolute Gasteiger partial charge is 0.435 e. The summed E-state index contributed by atoms with van der Waals surface area (Å²) in [5, 5.41) is 7.81. The molecule has 0 radical (unpaired) electrons. The van der Waals surface area contributed by atoms with E-state index in [0.717, 1.165) is 16.1 Å². The van der Waals surface area contributed by atoms with Gasteiger partial charge in [-0.25, -0.2) is 9.50 Å². The molecule has 0 atom stereocenters. The number of nitrogens with two attached hydrogens (primary N) is 1. The van der Waals surface area contributed by atoms with Crippen LogP contribution in [0.1, 0.15) is 40.3 Å². The van der Waals surface area contributed by atoms with E-state index in [1.165, 1.54) is 6.20 Å². The first-order chi connectivity index (χ1) is 13.6. The van der Waals surface area contributed by atoms with Crippen LogP contribution in [0.15, 0.2) is 17.3 Å². The number of hydrogen-bond donors (Lipinski definition) is 1. The van der Waals surface area contributed by atoms with E-state index in [9.17, 15) is 18.0 Å². The van der Waals surface area contributed by atoms with Gasteiger partial charge in [-0.1, -0.05) is 0 Å². The van der Waals surface area contributed by atoms with Crippen LogP contribution in [0, 0.1) is 13.8 Å². The molecule has 1 amide bonds. The Morgan fingerprint density at radius 3 is 2.79 bits per heavy atom. The Kier molecular flexibility index (Phi) is 4.39. The maximum Gasteiger partial charge on any atom is 0.435 e. The molecule has 0 saturated heterocycles. The van der Waals surface area contributed by atoms with Gasteiger partial charge in [-0.15, -0.1) is 0 Å². The summed E-state index contributed by atoms with van der Waals surface area (Å²) in [6.45, 7) is 3.26. The van der Waals surface area contributed by atoms with E-state index in [0.29, 0.717) is 36.2 Å². The number of amidine groups is 1. The molecule has 0 unspecified atom stereocenters. The number of amides is 1. The minimum Gasteiger partial charge on any atom is -0.383 e. The number of aliphatic imine (C=N–C) groups is 1. The molecule has 3 heterocycles. The van der Waals surface area contributed by atoms with Gasteiger partial charge < -0.3 is 5.73 Å². The minimum absolute atomic E-state index is 0.0950. The van der Waals surface area contributed by atoms with Crippen LogP contribution in [0.4, 0.5) is 13.2 Å². The van der Waals surface area contributed by atoms with Gasteiger partial charge in [0.1, 0.15) is 12.4 Å². The molecule has 29 heavy (non-hydrogen) atoms.